The van der Waals surface area contributed by atoms with E-state index in [-0.39, 0.29) is 6.04 Å². The Morgan fingerprint density at radius 3 is 2.55 bits per heavy atom. The normalized spacial score (nSPS) is 34.5. The predicted molar refractivity (Wildman–Crippen MR) is 48.4 cm³/mol. The van der Waals surface area contributed by atoms with Crippen molar-refractivity contribution in [3.8, 4) is 0 Å². The maximum absolute atomic E-state index is 10.7. The van der Waals surface area contributed by atoms with E-state index in [1.807, 2.05) is 18.7 Å². The third kappa shape index (κ3) is 2.10. The van der Waals surface area contributed by atoms with Gasteiger partial charge in [-0.05, 0) is 6.92 Å². The lowest BCUT2D eigenvalue weighted by Gasteiger charge is -2.32. The number of nitrogens with zero attached hydrogens (tertiary/aromatic N) is 1. The lowest BCUT2D eigenvalue weighted by atomic mass is 10.2. The van der Waals surface area contributed by atoms with Gasteiger partial charge in [0, 0.05) is 23.6 Å². The summed E-state index contributed by atoms with van der Waals surface area (Å²) in [5, 5.41) is 0.427. The smallest absolute Gasteiger partial charge is 0.204 e. The molecule has 0 saturated carbocycles. The Kier molecular flexibility index (Phi) is 3.21. The molecule has 0 aliphatic carbocycles. The zero-order chi connectivity index (χ0) is 8.43. The van der Waals surface area contributed by atoms with E-state index in [1.165, 1.54) is 0 Å². The Morgan fingerprint density at radius 2 is 2.09 bits per heavy atom. The maximum atomic E-state index is 10.7. The lowest BCUT2D eigenvalue weighted by molar-refractivity contribution is 0.351. The Morgan fingerprint density at radius 1 is 1.45 bits per heavy atom. The topological polar surface area (TPSA) is 37.4 Å². The summed E-state index contributed by atoms with van der Waals surface area (Å²) in [4.78, 5) is 0. The molecular formula is C6H13NO2S2. The highest BCUT2D eigenvalue weighted by Gasteiger charge is 2.26. The second-order valence-electron chi connectivity index (χ2n) is 2.72. The highest BCUT2D eigenvalue weighted by atomic mass is 32.2. The molecule has 1 fully saturated rings. The molecule has 11 heavy (non-hydrogen) atoms. The summed E-state index contributed by atoms with van der Waals surface area (Å²) in [5.41, 5.74) is 0. The van der Waals surface area contributed by atoms with Gasteiger partial charge in [0.2, 0.25) is 10.9 Å². The van der Waals surface area contributed by atoms with Crippen LogP contribution >= 0.6 is 11.8 Å². The van der Waals surface area contributed by atoms with Gasteiger partial charge in [-0.2, -0.15) is 16.1 Å². The predicted octanol–water partition coefficient (Wildman–Crippen LogP) is 0.339. The van der Waals surface area contributed by atoms with E-state index in [1.54, 1.807) is 4.31 Å². The fourth-order valence-electron chi connectivity index (χ4n) is 1.15. The summed E-state index contributed by atoms with van der Waals surface area (Å²) >= 11 is 1.84. The van der Waals surface area contributed by atoms with Gasteiger partial charge >= 0.3 is 0 Å². The van der Waals surface area contributed by atoms with Gasteiger partial charge in [-0.3, -0.25) is 0 Å². The van der Waals surface area contributed by atoms with E-state index in [4.69, 9.17) is 0 Å². The van der Waals surface area contributed by atoms with Crippen LogP contribution in [0.25, 0.3) is 0 Å². The second-order valence-corrected chi connectivity index (χ2v) is 5.19. The van der Waals surface area contributed by atoms with E-state index < -0.39 is 10.9 Å². The minimum Gasteiger partial charge on any atom is -0.215 e. The number of thioether (sulfide) groups is 1. The van der Waals surface area contributed by atoms with Crippen LogP contribution in [0.4, 0.5) is 0 Å². The monoisotopic (exact) mass is 195 g/mol. The first-order valence-electron chi connectivity index (χ1n) is 3.65. The summed E-state index contributed by atoms with van der Waals surface area (Å²) < 4.78 is 22.9. The Bertz CT molecular complexity index is 197. The third-order valence-corrected chi connectivity index (χ3v) is 4.38. The Balaban J connectivity index is 2.65. The van der Waals surface area contributed by atoms with Crippen LogP contribution < -0.4 is 0 Å². The molecule has 0 aromatic heterocycles. The van der Waals surface area contributed by atoms with Crippen LogP contribution in [0.5, 0.6) is 0 Å². The molecule has 1 heterocycles. The molecule has 0 spiro atoms. The van der Waals surface area contributed by atoms with Crippen molar-refractivity contribution in [2.24, 2.45) is 0 Å². The van der Waals surface area contributed by atoms with Gasteiger partial charge in [0.25, 0.3) is 0 Å². The van der Waals surface area contributed by atoms with Gasteiger partial charge < -0.3 is 0 Å². The Labute approximate surface area is 73.2 Å². The van der Waals surface area contributed by atoms with Crippen molar-refractivity contribution in [3.63, 3.8) is 0 Å². The summed E-state index contributed by atoms with van der Waals surface area (Å²) in [7, 11) is -2.36. The van der Waals surface area contributed by atoms with Crippen molar-refractivity contribution < 1.29 is 8.42 Å². The van der Waals surface area contributed by atoms with Gasteiger partial charge in [-0.25, -0.2) is 8.42 Å². The summed E-state index contributed by atoms with van der Waals surface area (Å²) in [5.74, 6) is 0.925. The standard InChI is InChI=1S/C6H13NO2S2/c1-5-6(2)10-4-3-7(5)11(8)9/h5-6,11H,3-4H2,1-2H3. The third-order valence-electron chi connectivity index (χ3n) is 2.06. The molecule has 1 aliphatic heterocycles. The van der Waals surface area contributed by atoms with Crippen LogP contribution in [-0.2, 0) is 10.9 Å². The van der Waals surface area contributed by atoms with Crippen LogP contribution in [0, 0.1) is 0 Å². The van der Waals surface area contributed by atoms with Crippen molar-refractivity contribution >= 4 is 22.7 Å². The van der Waals surface area contributed by atoms with Crippen LogP contribution in [0.15, 0.2) is 0 Å². The van der Waals surface area contributed by atoms with Crippen molar-refractivity contribution in [1.82, 2.24) is 4.31 Å². The van der Waals surface area contributed by atoms with Crippen molar-refractivity contribution in [1.29, 1.82) is 0 Å². The van der Waals surface area contributed by atoms with Gasteiger partial charge in [0.15, 0.2) is 0 Å². The highest BCUT2D eigenvalue weighted by molar-refractivity contribution is 8.00. The molecule has 0 radical (unpaired) electrons. The Hall–Kier alpha value is 0.260. The quantitative estimate of drug-likeness (QED) is 0.613. The average molecular weight is 195 g/mol. The van der Waals surface area contributed by atoms with Crippen molar-refractivity contribution in [2.45, 2.75) is 25.1 Å². The van der Waals surface area contributed by atoms with Crippen LogP contribution in [-0.4, -0.2) is 36.3 Å². The van der Waals surface area contributed by atoms with E-state index >= 15 is 0 Å². The summed E-state index contributed by atoms with van der Waals surface area (Å²) in [6, 6.07) is 0.162. The molecule has 0 N–H and O–H groups in total. The molecule has 66 valence electrons. The second kappa shape index (κ2) is 3.78. The molecule has 0 amide bonds. The molecule has 3 nitrogen and oxygen atoms in total. The summed E-state index contributed by atoms with van der Waals surface area (Å²) in [6.45, 7) is 4.71. The van der Waals surface area contributed by atoms with Crippen molar-refractivity contribution in [2.75, 3.05) is 12.3 Å². The largest absolute Gasteiger partial charge is 0.215 e. The van der Waals surface area contributed by atoms with Gasteiger partial charge in [-0.1, -0.05) is 6.92 Å². The summed E-state index contributed by atoms with van der Waals surface area (Å²) in [6.07, 6.45) is 0. The first-order chi connectivity index (χ1) is 5.13. The van der Waals surface area contributed by atoms with E-state index in [9.17, 15) is 8.42 Å². The highest BCUT2D eigenvalue weighted by Crippen LogP contribution is 2.23. The fraction of sp³-hybridized carbons (Fsp3) is 1.00. The molecule has 1 aliphatic rings. The van der Waals surface area contributed by atoms with E-state index in [0.717, 1.165) is 5.75 Å². The molecule has 2 atom stereocenters. The molecule has 2 unspecified atom stereocenters. The average Bonchev–Trinajstić information content (AvgIpc) is 1.94. The van der Waals surface area contributed by atoms with Gasteiger partial charge in [0.05, 0.1) is 0 Å². The first-order valence-corrected chi connectivity index (χ1v) is 5.83. The van der Waals surface area contributed by atoms with Crippen molar-refractivity contribution in [3.05, 3.63) is 0 Å². The van der Waals surface area contributed by atoms with Crippen LogP contribution in [0.2, 0.25) is 0 Å². The van der Waals surface area contributed by atoms with E-state index in [0.29, 0.717) is 11.8 Å². The lowest BCUT2D eigenvalue weighted by Crippen LogP contribution is -2.43. The van der Waals surface area contributed by atoms with Crippen LogP contribution in [0.1, 0.15) is 13.8 Å². The minimum atomic E-state index is -2.36. The zero-order valence-corrected chi connectivity index (χ0v) is 8.40. The van der Waals surface area contributed by atoms with Gasteiger partial charge in [0.1, 0.15) is 0 Å². The number of rotatable bonds is 1. The number of hydrogen-bond acceptors (Lipinski definition) is 3. The maximum Gasteiger partial charge on any atom is 0.204 e. The number of hydrogen-bond donors (Lipinski definition) is 1. The molecule has 1 saturated heterocycles. The molecule has 0 bridgehead atoms. The molecule has 5 heteroatoms. The van der Waals surface area contributed by atoms with E-state index in [2.05, 4.69) is 6.92 Å². The molecular weight excluding hydrogens is 182 g/mol. The van der Waals surface area contributed by atoms with Gasteiger partial charge in [-0.15, -0.1) is 0 Å². The first kappa shape index (κ1) is 9.35. The molecule has 0 aromatic rings. The fourth-order valence-corrected chi connectivity index (χ4v) is 3.23. The zero-order valence-electron chi connectivity index (χ0n) is 6.69. The molecule has 0 aromatic carbocycles. The van der Waals surface area contributed by atoms with Crippen LogP contribution in [0.3, 0.4) is 0 Å². The SMILES string of the molecule is CC1SCCN([SH](=O)=O)C1C. The molecule has 1 rings (SSSR count). The number of thiol groups is 1. The minimum absolute atomic E-state index is 0.162.